The van der Waals surface area contributed by atoms with Gasteiger partial charge in [-0.1, -0.05) is 36.4 Å². The Balaban J connectivity index is 1.45. The summed E-state index contributed by atoms with van der Waals surface area (Å²) in [4.78, 5) is 44.8. The number of aromatic amines is 2. The van der Waals surface area contributed by atoms with Crippen LogP contribution in [0, 0.1) is 0 Å². The van der Waals surface area contributed by atoms with E-state index < -0.39 is 30.0 Å². The Hall–Kier alpha value is -4.15. The van der Waals surface area contributed by atoms with Gasteiger partial charge in [-0.15, -0.1) is 0 Å². The maximum absolute atomic E-state index is 13.2. The van der Waals surface area contributed by atoms with E-state index in [0.717, 1.165) is 32.9 Å². The molecule has 0 saturated carbocycles. The van der Waals surface area contributed by atoms with Crippen LogP contribution in [0.5, 0.6) is 0 Å². The van der Waals surface area contributed by atoms with Gasteiger partial charge in [0.15, 0.2) is 0 Å². The fourth-order valence-electron chi connectivity index (χ4n) is 4.70. The van der Waals surface area contributed by atoms with Gasteiger partial charge in [-0.3, -0.25) is 9.59 Å². The zero-order valence-electron chi connectivity index (χ0n) is 21.3. The van der Waals surface area contributed by atoms with Crippen molar-refractivity contribution in [3.63, 3.8) is 0 Å². The average molecular weight is 519 g/mol. The molecule has 0 saturated heterocycles. The summed E-state index contributed by atoms with van der Waals surface area (Å²) in [5.74, 6) is -2.06. The summed E-state index contributed by atoms with van der Waals surface area (Å²) in [5.41, 5.74) is 9.30. The predicted molar refractivity (Wildman–Crippen MR) is 147 cm³/mol. The fraction of sp³-hybridized carbons (Fsp3) is 0.321. The highest BCUT2D eigenvalue weighted by Gasteiger charge is 2.29. The molecule has 0 unspecified atom stereocenters. The van der Waals surface area contributed by atoms with Crippen molar-refractivity contribution in [2.24, 2.45) is 5.73 Å². The summed E-state index contributed by atoms with van der Waals surface area (Å²) in [5, 5.41) is 20.2. The van der Waals surface area contributed by atoms with Gasteiger partial charge in [-0.2, -0.15) is 0 Å². The van der Waals surface area contributed by atoms with Crippen LogP contribution in [0.25, 0.3) is 21.8 Å². The monoisotopic (exact) mass is 518 g/mol. The number of amides is 2. The van der Waals surface area contributed by atoms with Crippen molar-refractivity contribution in [1.82, 2.24) is 25.9 Å². The fourth-order valence-corrected chi connectivity index (χ4v) is 4.70. The lowest BCUT2D eigenvalue weighted by Crippen LogP contribution is -2.55. The molecule has 0 aliphatic heterocycles. The molecule has 200 valence electrons. The van der Waals surface area contributed by atoms with E-state index in [2.05, 4.69) is 25.9 Å². The van der Waals surface area contributed by atoms with Crippen molar-refractivity contribution in [2.75, 3.05) is 13.6 Å². The second-order valence-electron chi connectivity index (χ2n) is 9.36. The molecule has 10 heteroatoms. The number of hydrogen-bond donors (Lipinski definition) is 7. The number of hydrogen-bond acceptors (Lipinski definition) is 5. The molecule has 10 nitrogen and oxygen atoms in total. The number of carboxylic acids is 1. The van der Waals surface area contributed by atoms with E-state index in [1.165, 1.54) is 0 Å². The van der Waals surface area contributed by atoms with Gasteiger partial charge in [0.2, 0.25) is 11.8 Å². The first-order chi connectivity index (χ1) is 18.4. The molecule has 38 heavy (non-hydrogen) atoms. The number of rotatable bonds is 13. The molecule has 2 aromatic heterocycles. The number of benzene rings is 2. The minimum Gasteiger partial charge on any atom is -0.480 e. The molecule has 2 aromatic carbocycles. The van der Waals surface area contributed by atoms with E-state index in [-0.39, 0.29) is 18.7 Å². The number of carbonyl (C=O) groups is 3. The van der Waals surface area contributed by atoms with E-state index in [4.69, 9.17) is 5.73 Å². The van der Waals surface area contributed by atoms with Gasteiger partial charge in [-0.25, -0.2) is 4.79 Å². The Labute approximate surface area is 220 Å². The van der Waals surface area contributed by atoms with Gasteiger partial charge in [0.1, 0.15) is 12.1 Å². The van der Waals surface area contributed by atoms with Crippen LogP contribution in [-0.4, -0.2) is 64.6 Å². The molecular weight excluding hydrogens is 484 g/mol. The summed E-state index contributed by atoms with van der Waals surface area (Å²) < 4.78 is 0. The Morgan fingerprint density at radius 1 is 0.816 bits per heavy atom. The maximum atomic E-state index is 13.2. The molecule has 0 radical (unpaired) electrons. The van der Waals surface area contributed by atoms with Crippen LogP contribution < -0.4 is 21.7 Å². The Kier molecular flexibility index (Phi) is 8.77. The van der Waals surface area contributed by atoms with E-state index in [0.29, 0.717) is 19.4 Å². The topological polar surface area (TPSA) is 165 Å². The Morgan fingerprint density at radius 3 is 1.84 bits per heavy atom. The standard InChI is InChI=1S/C28H34N6O4/c1-30-24(13-17-15-31-21-9-4-2-7-19(17)21)27(36)33-23(11-6-12-29)26(35)34-25(28(37)38)14-18-16-32-22-10-5-3-8-20(18)22/h2-5,7-10,15-16,23-25,30-32H,6,11-14,29H2,1H3,(H,33,36)(H,34,35)(H,37,38)/t23-,24-,25-/m0/s1. The molecule has 4 aromatic rings. The number of para-hydroxylation sites is 2. The Bertz CT molecular complexity index is 1410. The number of likely N-dealkylation sites (N-methyl/N-ethyl adjacent to an activating group) is 1. The molecule has 8 N–H and O–H groups in total. The lowest BCUT2D eigenvalue weighted by Gasteiger charge is -2.24. The quantitative estimate of drug-likeness (QED) is 0.143. The van der Waals surface area contributed by atoms with Gasteiger partial charge in [-0.05, 0) is 56.1 Å². The van der Waals surface area contributed by atoms with Crippen LogP contribution >= 0.6 is 0 Å². The molecule has 0 bridgehead atoms. The number of nitrogens with one attached hydrogen (secondary N) is 5. The first kappa shape index (κ1) is 26.9. The molecule has 0 aliphatic carbocycles. The summed E-state index contributed by atoms with van der Waals surface area (Å²) in [6.45, 7) is 0.335. The van der Waals surface area contributed by atoms with Crippen LogP contribution in [0.15, 0.2) is 60.9 Å². The SMILES string of the molecule is CN[C@@H](Cc1c[nH]c2ccccc12)C(=O)N[C@@H](CCCN)C(=O)N[C@@H](Cc1c[nH]c2ccccc12)C(=O)O. The molecule has 2 amide bonds. The van der Waals surface area contributed by atoms with Gasteiger partial charge >= 0.3 is 5.97 Å². The summed E-state index contributed by atoms with van der Waals surface area (Å²) in [7, 11) is 1.69. The van der Waals surface area contributed by atoms with E-state index in [1.54, 1.807) is 13.2 Å². The van der Waals surface area contributed by atoms with Gasteiger partial charge in [0, 0.05) is 40.6 Å². The first-order valence-electron chi connectivity index (χ1n) is 12.7. The second kappa shape index (κ2) is 12.4. The van der Waals surface area contributed by atoms with Gasteiger partial charge in [0.25, 0.3) is 0 Å². The summed E-state index contributed by atoms with van der Waals surface area (Å²) in [6, 6.07) is 12.7. The third kappa shape index (κ3) is 6.21. The van der Waals surface area contributed by atoms with Crippen molar-refractivity contribution in [2.45, 2.75) is 43.8 Å². The average Bonchev–Trinajstić information content (AvgIpc) is 3.53. The van der Waals surface area contributed by atoms with Crippen molar-refractivity contribution in [1.29, 1.82) is 0 Å². The van der Waals surface area contributed by atoms with Crippen molar-refractivity contribution in [3.05, 3.63) is 72.1 Å². The summed E-state index contributed by atoms with van der Waals surface area (Å²) in [6.07, 6.45) is 4.92. The number of H-pyrrole nitrogens is 2. The van der Waals surface area contributed by atoms with Crippen molar-refractivity contribution >= 4 is 39.6 Å². The molecule has 0 spiro atoms. The van der Waals surface area contributed by atoms with Crippen LogP contribution in [0.1, 0.15) is 24.0 Å². The lowest BCUT2D eigenvalue weighted by molar-refractivity contribution is -0.142. The minimum absolute atomic E-state index is 0.0995. The lowest BCUT2D eigenvalue weighted by atomic mass is 10.0. The predicted octanol–water partition coefficient (Wildman–Crippen LogP) is 1.82. The van der Waals surface area contributed by atoms with Crippen LogP contribution in [0.2, 0.25) is 0 Å². The minimum atomic E-state index is -1.16. The van der Waals surface area contributed by atoms with E-state index >= 15 is 0 Å². The number of carboxylic acid groups (broad SMARTS) is 1. The molecule has 4 rings (SSSR count). The zero-order valence-corrected chi connectivity index (χ0v) is 21.3. The molecule has 2 heterocycles. The first-order valence-corrected chi connectivity index (χ1v) is 12.7. The highest BCUT2D eigenvalue weighted by molar-refractivity contribution is 5.93. The molecule has 3 atom stereocenters. The van der Waals surface area contributed by atoms with E-state index in [9.17, 15) is 19.5 Å². The highest BCUT2D eigenvalue weighted by atomic mass is 16.4. The zero-order chi connectivity index (χ0) is 27.1. The largest absolute Gasteiger partial charge is 0.480 e. The van der Waals surface area contributed by atoms with Gasteiger partial charge in [0.05, 0.1) is 6.04 Å². The third-order valence-corrected chi connectivity index (χ3v) is 6.81. The normalized spacial score (nSPS) is 13.7. The number of carbonyl (C=O) groups excluding carboxylic acids is 2. The molecular formula is C28H34N6O4. The highest BCUT2D eigenvalue weighted by Crippen LogP contribution is 2.20. The van der Waals surface area contributed by atoms with Crippen molar-refractivity contribution < 1.29 is 19.5 Å². The summed E-state index contributed by atoms with van der Waals surface area (Å²) >= 11 is 0. The Morgan fingerprint density at radius 2 is 1.32 bits per heavy atom. The molecule has 0 aliphatic rings. The van der Waals surface area contributed by atoms with Crippen LogP contribution in [0.3, 0.4) is 0 Å². The van der Waals surface area contributed by atoms with Crippen LogP contribution in [-0.2, 0) is 27.2 Å². The maximum Gasteiger partial charge on any atom is 0.326 e. The number of fused-ring (bicyclic) bond motifs is 2. The van der Waals surface area contributed by atoms with Gasteiger partial charge < -0.3 is 36.8 Å². The third-order valence-electron chi connectivity index (χ3n) is 6.81. The second-order valence-corrected chi connectivity index (χ2v) is 9.36. The van der Waals surface area contributed by atoms with E-state index in [1.807, 2.05) is 54.7 Å². The van der Waals surface area contributed by atoms with Crippen LogP contribution in [0.4, 0.5) is 0 Å². The smallest absolute Gasteiger partial charge is 0.326 e. The number of aromatic nitrogens is 2. The number of aliphatic carboxylic acids is 1. The van der Waals surface area contributed by atoms with Crippen molar-refractivity contribution in [3.8, 4) is 0 Å². The number of nitrogens with two attached hydrogens (primary N) is 1. The molecule has 0 fully saturated rings.